The molecule has 2 aromatic rings. The highest BCUT2D eigenvalue weighted by Gasteiger charge is 2.25. The van der Waals surface area contributed by atoms with Gasteiger partial charge in [0.1, 0.15) is 0 Å². The van der Waals surface area contributed by atoms with E-state index in [0.717, 1.165) is 11.7 Å². The molecule has 1 N–H and O–H groups in total. The number of urea groups is 1. The molecule has 102 valence electrons. The molecule has 1 aliphatic rings. The normalized spacial score (nSPS) is 15.6. The van der Waals surface area contributed by atoms with Gasteiger partial charge in [0, 0.05) is 42.8 Å². The van der Waals surface area contributed by atoms with E-state index < -0.39 is 6.03 Å². The zero-order valence-corrected chi connectivity index (χ0v) is 10.8. The van der Waals surface area contributed by atoms with E-state index in [0.29, 0.717) is 23.3 Å². The Bertz CT molecular complexity index is 735. The summed E-state index contributed by atoms with van der Waals surface area (Å²) < 4.78 is 1.61. The quantitative estimate of drug-likeness (QED) is 0.821. The van der Waals surface area contributed by atoms with Gasteiger partial charge in [0.2, 0.25) is 5.91 Å². The topological polar surface area (TPSA) is 84.3 Å². The molecule has 1 fully saturated rings. The molecule has 20 heavy (non-hydrogen) atoms. The van der Waals surface area contributed by atoms with Crippen molar-refractivity contribution in [3.8, 4) is 0 Å². The number of benzene rings is 1. The monoisotopic (exact) mass is 272 g/mol. The maximum Gasteiger partial charge on any atom is 0.328 e. The number of carbonyl (C=O) groups excluding carboxylic acids is 3. The number of aromatic nitrogens is 2. The fourth-order valence-electron chi connectivity index (χ4n) is 2.32. The molecular weight excluding hydrogens is 260 g/mol. The number of amides is 3. The minimum atomic E-state index is -0.478. The van der Waals surface area contributed by atoms with Crippen LogP contribution in [-0.2, 0) is 11.8 Å². The summed E-state index contributed by atoms with van der Waals surface area (Å²) in [5.41, 5.74) is 1.66. The molecular formula is C13H12N4O3. The van der Waals surface area contributed by atoms with Crippen LogP contribution >= 0.6 is 0 Å². The van der Waals surface area contributed by atoms with Crippen LogP contribution < -0.4 is 10.2 Å². The first-order valence-electron chi connectivity index (χ1n) is 6.12. The number of rotatable bonds is 2. The van der Waals surface area contributed by atoms with Crippen LogP contribution in [0.25, 0.3) is 10.9 Å². The third kappa shape index (κ3) is 1.93. The van der Waals surface area contributed by atoms with Crippen molar-refractivity contribution in [3.63, 3.8) is 0 Å². The summed E-state index contributed by atoms with van der Waals surface area (Å²) in [7, 11) is 1.76. The number of hydrogen-bond donors (Lipinski definition) is 1. The van der Waals surface area contributed by atoms with Crippen molar-refractivity contribution in [2.45, 2.75) is 6.42 Å². The largest absolute Gasteiger partial charge is 0.328 e. The molecule has 2 heterocycles. The fourth-order valence-corrected chi connectivity index (χ4v) is 2.32. The third-order valence-corrected chi connectivity index (χ3v) is 3.25. The van der Waals surface area contributed by atoms with E-state index in [4.69, 9.17) is 0 Å². The summed E-state index contributed by atoms with van der Waals surface area (Å²) in [6.45, 7) is 0.293. The Hall–Kier alpha value is -2.70. The highest BCUT2D eigenvalue weighted by molar-refractivity contribution is 6.07. The van der Waals surface area contributed by atoms with Gasteiger partial charge in [-0.05, 0) is 12.1 Å². The third-order valence-electron chi connectivity index (χ3n) is 3.25. The predicted octanol–water partition coefficient (Wildman–Crippen LogP) is 0.832. The molecule has 7 heteroatoms. The smallest absolute Gasteiger partial charge is 0.298 e. The summed E-state index contributed by atoms with van der Waals surface area (Å²) in [4.78, 5) is 35.6. The molecule has 1 aromatic heterocycles. The number of anilines is 1. The molecule has 0 spiro atoms. The summed E-state index contributed by atoms with van der Waals surface area (Å²) in [5, 5.41) is 7.24. The molecule has 0 unspecified atom stereocenters. The van der Waals surface area contributed by atoms with Crippen LogP contribution in [0.15, 0.2) is 18.3 Å². The second-order valence-electron chi connectivity index (χ2n) is 4.64. The van der Waals surface area contributed by atoms with Crippen LogP contribution in [0.4, 0.5) is 10.5 Å². The molecule has 7 nitrogen and oxygen atoms in total. The lowest BCUT2D eigenvalue weighted by Crippen LogP contribution is -2.49. The van der Waals surface area contributed by atoms with Gasteiger partial charge in [0.15, 0.2) is 6.29 Å². The van der Waals surface area contributed by atoms with Crippen molar-refractivity contribution in [2.24, 2.45) is 7.05 Å². The van der Waals surface area contributed by atoms with E-state index in [1.54, 1.807) is 30.1 Å². The number of hydrogen-bond acceptors (Lipinski definition) is 4. The first-order valence-corrected chi connectivity index (χ1v) is 6.12. The molecule has 3 rings (SSSR count). The van der Waals surface area contributed by atoms with Gasteiger partial charge in [-0.1, -0.05) is 0 Å². The molecule has 0 radical (unpaired) electrons. The Balaban J connectivity index is 2.09. The summed E-state index contributed by atoms with van der Waals surface area (Å²) in [6, 6.07) is 2.89. The second-order valence-corrected chi connectivity index (χ2v) is 4.64. The van der Waals surface area contributed by atoms with Crippen LogP contribution in [-0.4, -0.2) is 34.5 Å². The lowest BCUT2D eigenvalue weighted by Gasteiger charge is -2.26. The minimum Gasteiger partial charge on any atom is -0.298 e. The van der Waals surface area contributed by atoms with Crippen LogP contribution in [0.1, 0.15) is 16.8 Å². The van der Waals surface area contributed by atoms with E-state index in [2.05, 4.69) is 10.4 Å². The van der Waals surface area contributed by atoms with Crippen LogP contribution in [0.2, 0.25) is 0 Å². The summed E-state index contributed by atoms with van der Waals surface area (Å²) in [6.07, 6.45) is 2.73. The van der Waals surface area contributed by atoms with Gasteiger partial charge in [-0.25, -0.2) is 4.79 Å². The minimum absolute atomic E-state index is 0.239. The van der Waals surface area contributed by atoms with E-state index in [-0.39, 0.29) is 12.3 Å². The summed E-state index contributed by atoms with van der Waals surface area (Å²) >= 11 is 0. The van der Waals surface area contributed by atoms with Crippen molar-refractivity contribution in [3.05, 3.63) is 23.9 Å². The van der Waals surface area contributed by atoms with Crippen molar-refractivity contribution >= 4 is 34.8 Å². The van der Waals surface area contributed by atoms with Gasteiger partial charge in [0.25, 0.3) is 0 Å². The first kappa shape index (κ1) is 12.3. The molecule has 3 amide bonds. The number of nitrogens with one attached hydrogen (secondary N) is 1. The van der Waals surface area contributed by atoms with Crippen molar-refractivity contribution in [1.82, 2.24) is 15.1 Å². The SMILES string of the molecule is Cn1cc2c(C=O)cc(N3CCC(=O)NC3=O)cc2n1. The molecule has 1 aliphatic heterocycles. The lowest BCUT2D eigenvalue weighted by atomic mass is 10.1. The van der Waals surface area contributed by atoms with Gasteiger partial charge < -0.3 is 0 Å². The van der Waals surface area contributed by atoms with Gasteiger partial charge in [0.05, 0.1) is 5.52 Å². The Labute approximate surface area is 114 Å². The second kappa shape index (κ2) is 4.44. The highest BCUT2D eigenvalue weighted by atomic mass is 16.2. The maximum absolute atomic E-state index is 11.8. The molecule has 0 saturated carbocycles. The van der Waals surface area contributed by atoms with Gasteiger partial charge in [-0.15, -0.1) is 0 Å². The highest BCUT2D eigenvalue weighted by Crippen LogP contribution is 2.25. The van der Waals surface area contributed by atoms with E-state index in [1.807, 2.05) is 0 Å². The Morgan fingerprint density at radius 3 is 2.85 bits per heavy atom. The summed E-state index contributed by atoms with van der Waals surface area (Å²) in [5.74, 6) is -0.291. The molecule has 0 aliphatic carbocycles. The zero-order chi connectivity index (χ0) is 14.3. The van der Waals surface area contributed by atoms with Gasteiger partial charge >= 0.3 is 6.03 Å². The number of aryl methyl sites for hydroxylation is 1. The zero-order valence-electron chi connectivity index (χ0n) is 10.8. The average molecular weight is 272 g/mol. The molecule has 1 aromatic carbocycles. The Morgan fingerprint density at radius 1 is 1.35 bits per heavy atom. The van der Waals surface area contributed by atoms with Crippen LogP contribution in [0.3, 0.4) is 0 Å². The lowest BCUT2D eigenvalue weighted by molar-refractivity contribution is -0.120. The fraction of sp³-hybridized carbons (Fsp3) is 0.231. The van der Waals surface area contributed by atoms with Crippen molar-refractivity contribution < 1.29 is 14.4 Å². The van der Waals surface area contributed by atoms with Crippen molar-refractivity contribution in [2.75, 3.05) is 11.4 Å². The van der Waals surface area contributed by atoms with Gasteiger partial charge in [-0.3, -0.25) is 24.5 Å². The molecule has 0 atom stereocenters. The van der Waals surface area contributed by atoms with E-state index in [1.165, 1.54) is 4.90 Å². The Kier molecular flexibility index (Phi) is 2.74. The number of imide groups is 1. The predicted molar refractivity (Wildman–Crippen MR) is 71.6 cm³/mol. The van der Waals surface area contributed by atoms with E-state index in [9.17, 15) is 14.4 Å². The van der Waals surface area contributed by atoms with Crippen molar-refractivity contribution in [1.29, 1.82) is 0 Å². The molecule has 0 bridgehead atoms. The van der Waals surface area contributed by atoms with Crippen LogP contribution in [0, 0.1) is 0 Å². The Morgan fingerprint density at radius 2 is 2.15 bits per heavy atom. The first-order chi connectivity index (χ1) is 9.58. The number of carbonyl (C=O) groups is 3. The standard InChI is InChI=1S/C13H12N4O3/c1-16-6-10-8(7-18)4-9(5-11(10)15-16)17-3-2-12(19)14-13(17)20/h4-7H,2-3H2,1H3,(H,14,19,20). The number of aldehydes is 1. The van der Waals surface area contributed by atoms with Crippen LogP contribution in [0.5, 0.6) is 0 Å². The van der Waals surface area contributed by atoms with E-state index >= 15 is 0 Å². The maximum atomic E-state index is 11.8. The number of fused-ring (bicyclic) bond motifs is 1. The van der Waals surface area contributed by atoms with Gasteiger partial charge in [-0.2, -0.15) is 5.10 Å². The number of nitrogens with zero attached hydrogens (tertiary/aromatic N) is 3. The average Bonchev–Trinajstić information content (AvgIpc) is 2.77. The molecule has 1 saturated heterocycles.